The molecule has 1 aliphatic carbocycles. The van der Waals surface area contributed by atoms with E-state index >= 15 is 0 Å². The Morgan fingerprint density at radius 1 is 1.77 bits per heavy atom. The molecule has 0 aromatic carbocycles. The predicted octanol–water partition coefficient (Wildman–Crippen LogP) is -0.125. The average Bonchev–Trinajstić information content (AvgIpc) is 2.65. The van der Waals surface area contributed by atoms with Gasteiger partial charge in [0.1, 0.15) is 0 Å². The summed E-state index contributed by atoms with van der Waals surface area (Å²) in [6, 6.07) is 0.406. The smallest absolute Gasteiger partial charge is 0.220 e. The number of hydrogen-bond acceptors (Lipinski definition) is 3. The van der Waals surface area contributed by atoms with Crippen LogP contribution in [0.1, 0.15) is 19.8 Å². The first-order valence-electron chi connectivity index (χ1n) is 4.67. The van der Waals surface area contributed by atoms with Gasteiger partial charge in [0.05, 0.1) is 0 Å². The topological polar surface area (TPSA) is 64.3 Å². The fourth-order valence-corrected chi connectivity index (χ4v) is 1.31. The van der Waals surface area contributed by atoms with Crippen LogP contribution in [0.25, 0.3) is 0 Å². The second-order valence-corrected chi connectivity index (χ2v) is 3.84. The molecule has 1 saturated carbocycles. The van der Waals surface area contributed by atoms with Crippen LogP contribution in [0.4, 0.5) is 0 Å². The van der Waals surface area contributed by atoms with Gasteiger partial charge in [0.2, 0.25) is 5.91 Å². The lowest BCUT2D eigenvalue weighted by atomic mass is 10.1. The van der Waals surface area contributed by atoms with Crippen molar-refractivity contribution in [2.45, 2.75) is 31.8 Å². The molecule has 76 valence electrons. The molecule has 4 nitrogen and oxygen atoms in total. The fourth-order valence-electron chi connectivity index (χ4n) is 1.31. The molecule has 1 rings (SSSR count). The standard InChI is InChI=1S/C9H18N2O2/c1-6(5-13-2)3-9(12)11-8-4-7(8)10/h6-8H,3-5,10H2,1-2H3,(H,11,12). The third-order valence-corrected chi connectivity index (χ3v) is 2.17. The number of methoxy groups -OCH3 is 1. The number of nitrogens with one attached hydrogen (secondary N) is 1. The van der Waals surface area contributed by atoms with E-state index in [1.165, 1.54) is 0 Å². The van der Waals surface area contributed by atoms with Crippen LogP contribution in [0.3, 0.4) is 0 Å². The summed E-state index contributed by atoms with van der Waals surface area (Å²) in [5.41, 5.74) is 5.56. The lowest BCUT2D eigenvalue weighted by Crippen LogP contribution is -2.31. The number of amides is 1. The van der Waals surface area contributed by atoms with Crippen molar-refractivity contribution in [3.63, 3.8) is 0 Å². The number of hydrogen-bond donors (Lipinski definition) is 2. The molecule has 3 N–H and O–H groups in total. The maximum atomic E-state index is 11.3. The zero-order chi connectivity index (χ0) is 9.84. The van der Waals surface area contributed by atoms with Crippen LogP contribution in [0.5, 0.6) is 0 Å². The van der Waals surface area contributed by atoms with Crippen LogP contribution in [-0.2, 0) is 9.53 Å². The van der Waals surface area contributed by atoms with Crippen LogP contribution >= 0.6 is 0 Å². The minimum atomic E-state index is 0.0856. The highest BCUT2D eigenvalue weighted by atomic mass is 16.5. The Morgan fingerprint density at radius 2 is 2.38 bits per heavy atom. The van der Waals surface area contributed by atoms with Gasteiger partial charge < -0.3 is 15.8 Å². The molecule has 0 bridgehead atoms. The van der Waals surface area contributed by atoms with Gasteiger partial charge in [0.25, 0.3) is 0 Å². The maximum Gasteiger partial charge on any atom is 0.220 e. The zero-order valence-electron chi connectivity index (χ0n) is 8.25. The summed E-state index contributed by atoms with van der Waals surface area (Å²) >= 11 is 0. The van der Waals surface area contributed by atoms with Gasteiger partial charge in [-0.05, 0) is 12.3 Å². The first kappa shape index (κ1) is 10.5. The lowest BCUT2D eigenvalue weighted by Gasteiger charge is -2.09. The van der Waals surface area contributed by atoms with Crippen molar-refractivity contribution in [3.05, 3.63) is 0 Å². The SMILES string of the molecule is COCC(C)CC(=O)NC1CC1N. The van der Waals surface area contributed by atoms with Gasteiger partial charge in [-0.15, -0.1) is 0 Å². The number of rotatable bonds is 5. The van der Waals surface area contributed by atoms with Crippen LogP contribution in [0.2, 0.25) is 0 Å². The number of ether oxygens (including phenoxy) is 1. The molecule has 0 heterocycles. The van der Waals surface area contributed by atoms with Gasteiger partial charge in [0, 0.05) is 32.2 Å². The number of carbonyl (C=O) groups is 1. The summed E-state index contributed by atoms with van der Waals surface area (Å²) in [4.78, 5) is 11.3. The average molecular weight is 186 g/mol. The van der Waals surface area contributed by atoms with Crippen molar-refractivity contribution in [2.24, 2.45) is 11.7 Å². The van der Waals surface area contributed by atoms with E-state index in [9.17, 15) is 4.79 Å². The molecule has 0 spiro atoms. The summed E-state index contributed by atoms with van der Waals surface area (Å²) in [7, 11) is 1.64. The van der Waals surface area contributed by atoms with Gasteiger partial charge in [-0.2, -0.15) is 0 Å². The molecule has 0 aromatic rings. The minimum absolute atomic E-state index is 0.0856. The Kier molecular flexibility index (Phi) is 3.69. The second kappa shape index (κ2) is 4.58. The van der Waals surface area contributed by atoms with Crippen molar-refractivity contribution in [1.82, 2.24) is 5.32 Å². The molecule has 13 heavy (non-hydrogen) atoms. The molecule has 3 atom stereocenters. The molecular weight excluding hydrogens is 168 g/mol. The van der Waals surface area contributed by atoms with Crippen molar-refractivity contribution in [1.29, 1.82) is 0 Å². The summed E-state index contributed by atoms with van der Waals surface area (Å²) in [6.45, 7) is 2.63. The van der Waals surface area contributed by atoms with E-state index in [-0.39, 0.29) is 23.9 Å². The van der Waals surface area contributed by atoms with Gasteiger partial charge in [-0.25, -0.2) is 0 Å². The molecule has 0 radical (unpaired) electrons. The van der Waals surface area contributed by atoms with Crippen LogP contribution in [-0.4, -0.2) is 31.7 Å². The second-order valence-electron chi connectivity index (χ2n) is 3.84. The van der Waals surface area contributed by atoms with E-state index in [0.717, 1.165) is 6.42 Å². The van der Waals surface area contributed by atoms with E-state index in [1.807, 2.05) is 6.92 Å². The van der Waals surface area contributed by atoms with Crippen LogP contribution in [0.15, 0.2) is 0 Å². The van der Waals surface area contributed by atoms with Crippen LogP contribution in [0, 0.1) is 5.92 Å². The quantitative estimate of drug-likeness (QED) is 0.629. The number of carbonyl (C=O) groups excluding carboxylic acids is 1. The number of nitrogens with two attached hydrogens (primary N) is 1. The molecule has 3 unspecified atom stereocenters. The Balaban J connectivity index is 2.10. The van der Waals surface area contributed by atoms with Gasteiger partial charge >= 0.3 is 0 Å². The summed E-state index contributed by atoms with van der Waals surface area (Å²) < 4.78 is 4.94. The molecule has 1 amide bonds. The van der Waals surface area contributed by atoms with Crippen molar-refractivity contribution in [3.8, 4) is 0 Å². The Morgan fingerprint density at radius 3 is 2.85 bits per heavy atom. The lowest BCUT2D eigenvalue weighted by molar-refractivity contribution is -0.122. The highest BCUT2D eigenvalue weighted by molar-refractivity contribution is 5.77. The summed E-state index contributed by atoms with van der Waals surface area (Å²) in [5.74, 6) is 0.363. The largest absolute Gasteiger partial charge is 0.384 e. The highest BCUT2D eigenvalue weighted by Crippen LogP contribution is 2.18. The first-order chi connectivity index (χ1) is 6.13. The van der Waals surface area contributed by atoms with E-state index in [4.69, 9.17) is 10.5 Å². The zero-order valence-corrected chi connectivity index (χ0v) is 8.25. The third kappa shape index (κ3) is 3.74. The maximum absolute atomic E-state index is 11.3. The van der Waals surface area contributed by atoms with E-state index in [1.54, 1.807) is 7.11 Å². The molecule has 4 heteroatoms. The van der Waals surface area contributed by atoms with Gasteiger partial charge in [0.15, 0.2) is 0 Å². The van der Waals surface area contributed by atoms with Gasteiger partial charge in [-0.1, -0.05) is 6.92 Å². The first-order valence-corrected chi connectivity index (χ1v) is 4.67. The summed E-state index contributed by atoms with van der Waals surface area (Å²) in [6.07, 6.45) is 1.45. The molecule has 1 fully saturated rings. The van der Waals surface area contributed by atoms with E-state index in [2.05, 4.69) is 5.32 Å². The molecule has 0 saturated heterocycles. The molecular formula is C9H18N2O2. The molecule has 0 aromatic heterocycles. The molecule has 1 aliphatic rings. The third-order valence-electron chi connectivity index (χ3n) is 2.17. The van der Waals surface area contributed by atoms with Crippen molar-refractivity contribution >= 4 is 5.91 Å². The van der Waals surface area contributed by atoms with Gasteiger partial charge in [-0.3, -0.25) is 4.79 Å². The normalized spacial score (nSPS) is 28.2. The monoisotopic (exact) mass is 186 g/mol. The Bertz CT molecular complexity index is 184. The van der Waals surface area contributed by atoms with Crippen molar-refractivity contribution in [2.75, 3.05) is 13.7 Å². The fraction of sp³-hybridized carbons (Fsp3) is 0.889. The van der Waals surface area contributed by atoms with Crippen molar-refractivity contribution < 1.29 is 9.53 Å². The molecule has 0 aliphatic heterocycles. The van der Waals surface area contributed by atoms with Crippen LogP contribution < -0.4 is 11.1 Å². The van der Waals surface area contributed by atoms with E-state index < -0.39 is 0 Å². The predicted molar refractivity (Wildman–Crippen MR) is 50.2 cm³/mol. The van der Waals surface area contributed by atoms with E-state index in [0.29, 0.717) is 13.0 Å². The Labute approximate surface area is 78.8 Å². The highest BCUT2D eigenvalue weighted by Gasteiger charge is 2.34. The summed E-state index contributed by atoms with van der Waals surface area (Å²) in [5, 5.41) is 2.87. The minimum Gasteiger partial charge on any atom is -0.384 e. The Hall–Kier alpha value is -0.610.